The number of thiophene rings is 1. The van der Waals surface area contributed by atoms with Crippen LogP contribution in [-0.4, -0.2) is 30.6 Å². The molecule has 2 N–H and O–H groups in total. The molecule has 1 aromatic rings. The molecule has 0 aliphatic carbocycles. The number of carbonyl (C=O) groups excluding carboxylic acids is 3. The van der Waals surface area contributed by atoms with Gasteiger partial charge in [-0.1, -0.05) is 6.07 Å². The zero-order valence-electron chi connectivity index (χ0n) is 10.1. The van der Waals surface area contributed by atoms with Crippen LogP contribution >= 0.6 is 11.3 Å². The minimum Gasteiger partial charge on any atom is -0.448 e. The smallest absolute Gasteiger partial charge is 0.349 e. The Morgan fingerprint density at radius 3 is 2.72 bits per heavy atom. The van der Waals surface area contributed by atoms with Crippen LogP contribution in [0.3, 0.4) is 0 Å². The molecule has 98 valence electrons. The summed E-state index contributed by atoms with van der Waals surface area (Å²) in [6.45, 7) is 3.53. The highest BCUT2D eigenvalue weighted by molar-refractivity contribution is 7.11. The van der Waals surface area contributed by atoms with Crippen molar-refractivity contribution >= 4 is 29.2 Å². The van der Waals surface area contributed by atoms with Gasteiger partial charge in [0.25, 0.3) is 5.91 Å². The Kier molecular flexibility index (Phi) is 5.31. The van der Waals surface area contributed by atoms with E-state index in [1.54, 1.807) is 24.4 Å². The van der Waals surface area contributed by atoms with E-state index in [4.69, 9.17) is 4.74 Å². The molecule has 1 heterocycles. The molecule has 0 spiro atoms. The minimum atomic E-state index is -1.03. The van der Waals surface area contributed by atoms with Crippen LogP contribution in [0.15, 0.2) is 17.5 Å². The third-order valence-corrected chi connectivity index (χ3v) is 2.80. The van der Waals surface area contributed by atoms with Gasteiger partial charge in [-0.25, -0.2) is 9.59 Å². The predicted molar refractivity (Wildman–Crippen MR) is 66.4 cm³/mol. The molecule has 0 aliphatic rings. The fourth-order valence-electron chi connectivity index (χ4n) is 1.09. The van der Waals surface area contributed by atoms with E-state index in [1.807, 2.05) is 0 Å². The van der Waals surface area contributed by atoms with Crippen molar-refractivity contribution in [3.8, 4) is 0 Å². The second-order valence-corrected chi connectivity index (χ2v) is 4.32. The summed E-state index contributed by atoms with van der Waals surface area (Å²) in [5.74, 6) is -1.24. The molecule has 0 bridgehead atoms. The molecule has 0 saturated heterocycles. The molecule has 0 fully saturated rings. The third kappa shape index (κ3) is 4.17. The van der Waals surface area contributed by atoms with E-state index >= 15 is 0 Å². The van der Waals surface area contributed by atoms with Crippen LogP contribution in [-0.2, 0) is 9.53 Å². The number of ether oxygens (including phenoxy) is 1. The Morgan fingerprint density at radius 2 is 2.17 bits per heavy atom. The highest BCUT2D eigenvalue weighted by atomic mass is 32.1. The van der Waals surface area contributed by atoms with Gasteiger partial charge in [0.05, 0.1) is 0 Å². The fraction of sp³-hybridized carbons (Fsp3) is 0.364. The zero-order valence-corrected chi connectivity index (χ0v) is 10.9. The van der Waals surface area contributed by atoms with Gasteiger partial charge in [0, 0.05) is 6.54 Å². The van der Waals surface area contributed by atoms with Crippen molar-refractivity contribution in [3.63, 3.8) is 0 Å². The first kappa shape index (κ1) is 14.2. The lowest BCUT2D eigenvalue weighted by atomic mass is 10.3. The molecular weight excluding hydrogens is 256 g/mol. The molecule has 1 aromatic heterocycles. The largest absolute Gasteiger partial charge is 0.448 e. The predicted octanol–water partition coefficient (Wildman–Crippen LogP) is 1.14. The molecule has 18 heavy (non-hydrogen) atoms. The Balaban J connectivity index is 2.45. The van der Waals surface area contributed by atoms with Gasteiger partial charge in [0.1, 0.15) is 4.88 Å². The van der Waals surface area contributed by atoms with Crippen molar-refractivity contribution in [1.82, 2.24) is 10.6 Å². The lowest BCUT2D eigenvalue weighted by molar-refractivity contribution is -0.127. The zero-order chi connectivity index (χ0) is 13.5. The van der Waals surface area contributed by atoms with Gasteiger partial charge in [0.2, 0.25) is 0 Å². The summed E-state index contributed by atoms with van der Waals surface area (Å²) < 4.78 is 4.91. The number of esters is 1. The van der Waals surface area contributed by atoms with Crippen molar-refractivity contribution in [3.05, 3.63) is 22.4 Å². The van der Waals surface area contributed by atoms with Crippen LogP contribution in [0.5, 0.6) is 0 Å². The van der Waals surface area contributed by atoms with Crippen LogP contribution in [0.4, 0.5) is 4.79 Å². The summed E-state index contributed by atoms with van der Waals surface area (Å²) in [6.07, 6.45) is -1.03. The molecule has 0 saturated carbocycles. The van der Waals surface area contributed by atoms with Crippen LogP contribution < -0.4 is 10.6 Å². The van der Waals surface area contributed by atoms with E-state index in [1.165, 1.54) is 18.3 Å². The molecule has 0 unspecified atom stereocenters. The van der Waals surface area contributed by atoms with Gasteiger partial charge in [0.15, 0.2) is 6.10 Å². The maximum absolute atomic E-state index is 11.5. The molecule has 1 rings (SSSR count). The second-order valence-electron chi connectivity index (χ2n) is 3.37. The number of amides is 3. The first-order valence-corrected chi connectivity index (χ1v) is 6.25. The number of rotatable bonds is 4. The lowest BCUT2D eigenvalue weighted by Crippen LogP contribution is -2.44. The summed E-state index contributed by atoms with van der Waals surface area (Å²) >= 11 is 1.22. The molecule has 0 aromatic carbocycles. The van der Waals surface area contributed by atoms with Gasteiger partial charge in [-0.05, 0) is 25.3 Å². The Hall–Kier alpha value is -1.89. The summed E-state index contributed by atoms with van der Waals surface area (Å²) in [7, 11) is 0. The number of carbonyl (C=O) groups is 3. The first-order chi connectivity index (χ1) is 8.54. The maximum atomic E-state index is 11.5. The van der Waals surface area contributed by atoms with Crippen molar-refractivity contribution in [2.24, 2.45) is 0 Å². The standard InChI is InChI=1S/C11H14N2O4S/c1-3-12-11(16)13-9(14)7(2)17-10(15)8-5-4-6-18-8/h4-7H,3H2,1-2H3,(H2,12,13,14,16)/t7-/m0/s1. The van der Waals surface area contributed by atoms with Crippen molar-refractivity contribution in [2.75, 3.05) is 6.54 Å². The monoisotopic (exact) mass is 270 g/mol. The average Bonchev–Trinajstić information content (AvgIpc) is 2.82. The van der Waals surface area contributed by atoms with Gasteiger partial charge >= 0.3 is 12.0 Å². The Morgan fingerprint density at radius 1 is 1.44 bits per heavy atom. The topological polar surface area (TPSA) is 84.5 Å². The SMILES string of the molecule is CCNC(=O)NC(=O)[C@H](C)OC(=O)c1cccs1. The number of hydrogen-bond acceptors (Lipinski definition) is 5. The Labute approximate surface area is 108 Å². The van der Waals surface area contributed by atoms with Gasteiger partial charge in [-0.3, -0.25) is 10.1 Å². The summed E-state index contributed by atoms with van der Waals surface area (Å²) in [5, 5.41) is 6.20. The van der Waals surface area contributed by atoms with Crippen LogP contribution in [0.2, 0.25) is 0 Å². The van der Waals surface area contributed by atoms with Gasteiger partial charge < -0.3 is 10.1 Å². The molecule has 3 amide bonds. The molecule has 6 nitrogen and oxygen atoms in total. The average molecular weight is 270 g/mol. The second kappa shape index (κ2) is 6.75. The fourth-order valence-corrected chi connectivity index (χ4v) is 1.69. The van der Waals surface area contributed by atoms with Crippen LogP contribution in [0.1, 0.15) is 23.5 Å². The van der Waals surface area contributed by atoms with Crippen LogP contribution in [0, 0.1) is 0 Å². The maximum Gasteiger partial charge on any atom is 0.349 e. The molecule has 1 atom stereocenters. The minimum absolute atomic E-state index is 0.405. The number of urea groups is 1. The van der Waals surface area contributed by atoms with E-state index in [-0.39, 0.29) is 0 Å². The molecule has 0 radical (unpaired) electrons. The van der Waals surface area contributed by atoms with E-state index in [9.17, 15) is 14.4 Å². The van der Waals surface area contributed by atoms with E-state index in [0.717, 1.165) is 0 Å². The number of nitrogens with one attached hydrogen (secondary N) is 2. The summed E-state index contributed by atoms with van der Waals surface area (Å²) in [4.78, 5) is 34.5. The molecule has 7 heteroatoms. The summed E-state index contributed by atoms with van der Waals surface area (Å²) in [6, 6.07) is 2.70. The van der Waals surface area contributed by atoms with E-state index in [2.05, 4.69) is 10.6 Å². The quantitative estimate of drug-likeness (QED) is 0.803. The van der Waals surface area contributed by atoms with Gasteiger partial charge in [-0.15, -0.1) is 11.3 Å². The molecular formula is C11H14N2O4S. The van der Waals surface area contributed by atoms with Crippen molar-refractivity contribution in [1.29, 1.82) is 0 Å². The van der Waals surface area contributed by atoms with E-state index < -0.39 is 24.0 Å². The lowest BCUT2D eigenvalue weighted by Gasteiger charge is -2.12. The van der Waals surface area contributed by atoms with Crippen LogP contribution in [0.25, 0.3) is 0 Å². The molecule has 0 aliphatic heterocycles. The number of imide groups is 1. The Bertz CT molecular complexity index is 430. The van der Waals surface area contributed by atoms with Gasteiger partial charge in [-0.2, -0.15) is 0 Å². The highest BCUT2D eigenvalue weighted by Gasteiger charge is 2.20. The summed E-state index contributed by atoms with van der Waals surface area (Å²) in [5.41, 5.74) is 0. The highest BCUT2D eigenvalue weighted by Crippen LogP contribution is 2.11. The van der Waals surface area contributed by atoms with E-state index in [0.29, 0.717) is 11.4 Å². The third-order valence-electron chi connectivity index (χ3n) is 1.95. The number of hydrogen-bond donors (Lipinski definition) is 2. The first-order valence-electron chi connectivity index (χ1n) is 5.37. The normalized spacial score (nSPS) is 11.4. The van der Waals surface area contributed by atoms with Crippen molar-refractivity contribution in [2.45, 2.75) is 20.0 Å². The van der Waals surface area contributed by atoms with Crippen molar-refractivity contribution < 1.29 is 19.1 Å².